The molecule has 7 nitrogen and oxygen atoms in total. The van der Waals surface area contributed by atoms with Gasteiger partial charge < -0.3 is 10.2 Å². The molecule has 2 aromatic rings. The minimum atomic E-state index is -0.533. The maximum atomic E-state index is 13.3. The highest BCUT2D eigenvalue weighted by atomic mass is 16.2. The van der Waals surface area contributed by atoms with Gasteiger partial charge in [-0.1, -0.05) is 29.5 Å². The Kier molecular flexibility index (Phi) is 3.83. The van der Waals surface area contributed by atoms with Crippen LogP contribution in [-0.2, 0) is 15.7 Å². The number of hydrogen-bond donors (Lipinski definition) is 2. The molecule has 1 aliphatic heterocycles. The number of tetrazole rings is 1. The molecule has 4 rings (SSSR count). The standard InChI is InChI=1S/C18H24N6O/c1-13-5-3-4-6-14(13)17(7-8-17)16(25)19-18(15-20-22-23-21-15)9-11-24(2)12-10-18/h3-6H,7-12H2,1-2H3,(H,19,25)(H,20,21,22,23). The first-order valence-corrected chi connectivity index (χ1v) is 8.87. The number of H-pyrrole nitrogens is 1. The lowest BCUT2D eigenvalue weighted by molar-refractivity contribution is -0.126. The molecule has 0 bridgehead atoms. The molecule has 2 N–H and O–H groups in total. The molecule has 0 atom stereocenters. The lowest BCUT2D eigenvalue weighted by Gasteiger charge is -2.39. The van der Waals surface area contributed by atoms with E-state index in [4.69, 9.17) is 0 Å². The molecule has 1 aliphatic carbocycles. The van der Waals surface area contributed by atoms with Gasteiger partial charge in [-0.25, -0.2) is 0 Å². The highest BCUT2D eigenvalue weighted by Gasteiger charge is 2.54. The summed E-state index contributed by atoms with van der Waals surface area (Å²) < 4.78 is 0. The molecule has 0 unspecified atom stereocenters. The fraction of sp³-hybridized carbons (Fsp3) is 0.556. The maximum Gasteiger partial charge on any atom is 0.231 e. The van der Waals surface area contributed by atoms with Gasteiger partial charge in [0.15, 0.2) is 5.82 Å². The normalized spacial score (nSPS) is 21.7. The average Bonchev–Trinajstić information content (AvgIpc) is 3.23. The summed E-state index contributed by atoms with van der Waals surface area (Å²) in [5.41, 5.74) is 1.39. The van der Waals surface area contributed by atoms with E-state index < -0.39 is 11.0 Å². The van der Waals surface area contributed by atoms with E-state index in [0.29, 0.717) is 5.82 Å². The molecule has 1 aromatic heterocycles. The molecule has 2 fully saturated rings. The van der Waals surface area contributed by atoms with Crippen molar-refractivity contribution in [3.63, 3.8) is 0 Å². The molecule has 132 valence electrons. The largest absolute Gasteiger partial charge is 0.342 e. The van der Waals surface area contributed by atoms with E-state index in [1.54, 1.807) is 0 Å². The number of carbonyl (C=O) groups is 1. The Bertz CT molecular complexity index is 760. The fourth-order valence-electron chi connectivity index (χ4n) is 3.96. The van der Waals surface area contributed by atoms with E-state index in [1.165, 1.54) is 5.56 Å². The molecule has 7 heteroatoms. The number of nitrogens with zero attached hydrogens (tertiary/aromatic N) is 4. The van der Waals surface area contributed by atoms with E-state index in [2.05, 4.69) is 56.9 Å². The van der Waals surface area contributed by atoms with Crippen molar-refractivity contribution in [1.82, 2.24) is 30.8 Å². The fourth-order valence-corrected chi connectivity index (χ4v) is 3.96. The monoisotopic (exact) mass is 340 g/mol. The Hall–Kier alpha value is -2.28. The van der Waals surface area contributed by atoms with E-state index in [0.717, 1.165) is 44.3 Å². The van der Waals surface area contributed by atoms with Crippen molar-refractivity contribution >= 4 is 5.91 Å². The number of carbonyl (C=O) groups excluding carboxylic acids is 1. The van der Waals surface area contributed by atoms with E-state index in [-0.39, 0.29) is 5.91 Å². The Morgan fingerprint density at radius 3 is 2.52 bits per heavy atom. The minimum absolute atomic E-state index is 0.0937. The summed E-state index contributed by atoms with van der Waals surface area (Å²) in [5, 5.41) is 18.0. The molecule has 1 saturated heterocycles. The predicted molar refractivity (Wildman–Crippen MR) is 92.8 cm³/mol. The highest BCUT2D eigenvalue weighted by Crippen LogP contribution is 2.50. The van der Waals surface area contributed by atoms with Crippen LogP contribution < -0.4 is 5.32 Å². The second-order valence-electron chi connectivity index (χ2n) is 7.47. The number of aromatic nitrogens is 4. The van der Waals surface area contributed by atoms with Crippen LogP contribution in [0.1, 0.15) is 42.6 Å². The number of amides is 1. The minimum Gasteiger partial charge on any atom is -0.342 e. The first-order valence-electron chi connectivity index (χ1n) is 8.87. The average molecular weight is 340 g/mol. The predicted octanol–water partition coefficient (Wildman–Crippen LogP) is 1.28. The Morgan fingerprint density at radius 1 is 1.20 bits per heavy atom. The topological polar surface area (TPSA) is 86.8 Å². The lowest BCUT2D eigenvalue weighted by Crippen LogP contribution is -2.55. The molecule has 0 spiro atoms. The summed E-state index contributed by atoms with van der Waals surface area (Å²) in [6.45, 7) is 3.87. The van der Waals surface area contributed by atoms with Gasteiger partial charge in [0.25, 0.3) is 0 Å². The third kappa shape index (κ3) is 2.72. The second-order valence-corrected chi connectivity index (χ2v) is 7.47. The van der Waals surface area contributed by atoms with Crippen LogP contribution in [-0.4, -0.2) is 51.6 Å². The number of likely N-dealkylation sites (tertiary alicyclic amines) is 1. The molecule has 1 amide bonds. The van der Waals surface area contributed by atoms with Gasteiger partial charge in [-0.3, -0.25) is 4.79 Å². The number of benzene rings is 1. The first-order chi connectivity index (χ1) is 12.1. The third-order valence-electron chi connectivity index (χ3n) is 5.81. The van der Waals surface area contributed by atoms with Gasteiger partial charge in [-0.05, 0) is 50.8 Å². The van der Waals surface area contributed by atoms with Crippen LogP contribution in [0.25, 0.3) is 0 Å². The second kappa shape index (κ2) is 5.91. The van der Waals surface area contributed by atoms with Crippen molar-refractivity contribution in [3.8, 4) is 0 Å². The number of aryl methyl sites for hydroxylation is 1. The zero-order valence-electron chi connectivity index (χ0n) is 14.7. The zero-order chi connectivity index (χ0) is 17.5. The zero-order valence-corrected chi connectivity index (χ0v) is 14.7. The number of rotatable bonds is 4. The van der Waals surface area contributed by atoms with Crippen molar-refractivity contribution in [2.75, 3.05) is 20.1 Å². The summed E-state index contributed by atoms with van der Waals surface area (Å²) >= 11 is 0. The molecule has 2 heterocycles. The quantitative estimate of drug-likeness (QED) is 0.875. The van der Waals surface area contributed by atoms with Gasteiger partial charge in [-0.15, -0.1) is 10.2 Å². The van der Waals surface area contributed by atoms with Crippen LogP contribution in [0.5, 0.6) is 0 Å². The van der Waals surface area contributed by atoms with Gasteiger partial charge in [0.1, 0.15) is 5.54 Å². The Morgan fingerprint density at radius 2 is 1.92 bits per heavy atom. The first kappa shape index (κ1) is 16.2. The van der Waals surface area contributed by atoms with E-state index in [1.807, 2.05) is 12.1 Å². The SMILES string of the molecule is Cc1ccccc1C1(C(=O)NC2(c3nn[nH]n3)CCN(C)CC2)CC1. The molecule has 1 aromatic carbocycles. The molecular formula is C18H24N6O. The van der Waals surface area contributed by atoms with Crippen LogP contribution >= 0.6 is 0 Å². The van der Waals surface area contributed by atoms with Gasteiger partial charge in [0.2, 0.25) is 5.91 Å². The van der Waals surface area contributed by atoms with Crippen molar-refractivity contribution in [3.05, 3.63) is 41.2 Å². The van der Waals surface area contributed by atoms with Gasteiger partial charge >= 0.3 is 0 Å². The van der Waals surface area contributed by atoms with Crippen LogP contribution in [0.3, 0.4) is 0 Å². The van der Waals surface area contributed by atoms with Crippen LogP contribution in [0.2, 0.25) is 0 Å². The lowest BCUT2D eigenvalue weighted by atomic mass is 9.84. The maximum absolute atomic E-state index is 13.3. The molecule has 25 heavy (non-hydrogen) atoms. The number of piperidine rings is 1. The van der Waals surface area contributed by atoms with Crippen molar-refractivity contribution < 1.29 is 4.79 Å². The smallest absolute Gasteiger partial charge is 0.231 e. The summed E-state index contributed by atoms with van der Waals surface area (Å²) in [6, 6.07) is 8.19. The molecule has 2 aliphatic rings. The summed E-state index contributed by atoms with van der Waals surface area (Å²) in [4.78, 5) is 15.6. The van der Waals surface area contributed by atoms with Crippen LogP contribution in [0, 0.1) is 6.92 Å². The molecule has 0 radical (unpaired) electrons. The summed E-state index contributed by atoms with van der Waals surface area (Å²) in [7, 11) is 2.09. The van der Waals surface area contributed by atoms with E-state index >= 15 is 0 Å². The number of aromatic amines is 1. The third-order valence-corrected chi connectivity index (χ3v) is 5.81. The van der Waals surface area contributed by atoms with Crippen molar-refractivity contribution in [2.45, 2.75) is 43.6 Å². The molecule has 1 saturated carbocycles. The van der Waals surface area contributed by atoms with Crippen molar-refractivity contribution in [2.24, 2.45) is 0 Å². The van der Waals surface area contributed by atoms with E-state index in [9.17, 15) is 4.79 Å². The van der Waals surface area contributed by atoms with Crippen LogP contribution in [0.4, 0.5) is 0 Å². The van der Waals surface area contributed by atoms with Gasteiger partial charge in [-0.2, -0.15) is 5.21 Å². The van der Waals surface area contributed by atoms with Crippen LogP contribution in [0.15, 0.2) is 24.3 Å². The number of nitrogens with one attached hydrogen (secondary N) is 2. The Balaban J connectivity index is 1.63. The Labute approximate surface area is 147 Å². The highest BCUT2D eigenvalue weighted by molar-refractivity contribution is 5.92. The summed E-state index contributed by atoms with van der Waals surface area (Å²) in [5.74, 6) is 0.686. The molecular weight excluding hydrogens is 316 g/mol. The van der Waals surface area contributed by atoms with Gasteiger partial charge in [0.05, 0.1) is 5.41 Å². The summed E-state index contributed by atoms with van der Waals surface area (Å²) in [6.07, 6.45) is 3.37. The number of hydrogen-bond acceptors (Lipinski definition) is 5. The van der Waals surface area contributed by atoms with Crippen molar-refractivity contribution in [1.29, 1.82) is 0 Å². The van der Waals surface area contributed by atoms with Gasteiger partial charge in [0, 0.05) is 13.1 Å².